The minimum Gasteiger partial charge on any atom is -0.382 e. The molecule has 13 heavy (non-hydrogen) atoms. The Labute approximate surface area is 81.1 Å². The third-order valence-corrected chi connectivity index (χ3v) is 2.26. The molecule has 4 heteroatoms. The van der Waals surface area contributed by atoms with E-state index in [1.165, 1.54) is 0 Å². The summed E-state index contributed by atoms with van der Waals surface area (Å²) < 4.78 is 0. The molecule has 0 radical (unpaired) electrons. The van der Waals surface area contributed by atoms with Gasteiger partial charge in [-0.05, 0) is 12.1 Å². The molecule has 0 aromatic heterocycles. The molecule has 1 aliphatic heterocycles. The lowest BCUT2D eigenvalue weighted by atomic mass is 10.2. The molecule has 0 spiro atoms. The number of amides is 1. The van der Waals surface area contributed by atoms with Gasteiger partial charge in [-0.3, -0.25) is 4.79 Å². The number of nitrogens with one attached hydrogen (secondary N) is 2. The van der Waals surface area contributed by atoms with Gasteiger partial charge in [0.2, 0.25) is 5.91 Å². The topological polar surface area (TPSA) is 41.1 Å². The predicted molar refractivity (Wildman–Crippen MR) is 53.2 cm³/mol. The van der Waals surface area contributed by atoms with Gasteiger partial charge in [-0.25, -0.2) is 0 Å². The summed E-state index contributed by atoms with van der Waals surface area (Å²) in [6.07, 6.45) is 0.477. The first kappa shape index (κ1) is 8.38. The number of carbonyl (C=O) groups is 1. The molecule has 1 aromatic carbocycles. The first-order valence-corrected chi connectivity index (χ1v) is 4.47. The number of hydrogen-bond donors (Lipinski definition) is 2. The molecule has 0 aliphatic carbocycles. The van der Waals surface area contributed by atoms with E-state index in [0.29, 0.717) is 18.0 Å². The predicted octanol–water partition coefficient (Wildman–Crippen LogP) is 2.09. The summed E-state index contributed by atoms with van der Waals surface area (Å²) in [5.41, 5.74) is 1.57. The molecule has 1 aliphatic rings. The zero-order valence-corrected chi connectivity index (χ0v) is 7.69. The summed E-state index contributed by atoms with van der Waals surface area (Å²) in [7, 11) is 0. The Balaban J connectivity index is 2.45. The largest absolute Gasteiger partial charge is 0.382 e. The van der Waals surface area contributed by atoms with Crippen LogP contribution in [-0.2, 0) is 4.79 Å². The SMILES string of the molecule is O=C1CCNc2c(Cl)cccc2N1. The van der Waals surface area contributed by atoms with Crippen molar-refractivity contribution in [1.29, 1.82) is 0 Å². The lowest BCUT2D eigenvalue weighted by Crippen LogP contribution is -2.10. The van der Waals surface area contributed by atoms with E-state index in [1.54, 1.807) is 6.07 Å². The van der Waals surface area contributed by atoms with Crippen LogP contribution >= 0.6 is 11.6 Å². The van der Waals surface area contributed by atoms with Gasteiger partial charge in [-0.2, -0.15) is 0 Å². The molecular formula is C9H9ClN2O. The summed E-state index contributed by atoms with van der Waals surface area (Å²) in [6, 6.07) is 5.44. The Hall–Kier alpha value is -1.22. The van der Waals surface area contributed by atoms with Crippen molar-refractivity contribution in [2.45, 2.75) is 6.42 Å². The van der Waals surface area contributed by atoms with E-state index in [9.17, 15) is 4.79 Å². The van der Waals surface area contributed by atoms with Crippen molar-refractivity contribution < 1.29 is 4.79 Å². The average molecular weight is 197 g/mol. The molecule has 1 heterocycles. The highest BCUT2D eigenvalue weighted by Gasteiger charge is 2.13. The van der Waals surface area contributed by atoms with Crippen molar-refractivity contribution in [2.24, 2.45) is 0 Å². The summed E-state index contributed by atoms with van der Waals surface area (Å²) in [5.74, 6) is 0.0218. The molecule has 1 aromatic rings. The molecule has 0 saturated carbocycles. The van der Waals surface area contributed by atoms with Gasteiger partial charge < -0.3 is 10.6 Å². The number of rotatable bonds is 0. The Kier molecular flexibility index (Phi) is 2.10. The van der Waals surface area contributed by atoms with Crippen LogP contribution in [0.3, 0.4) is 0 Å². The van der Waals surface area contributed by atoms with Gasteiger partial charge in [0.25, 0.3) is 0 Å². The average Bonchev–Trinajstić information content (AvgIpc) is 2.27. The highest BCUT2D eigenvalue weighted by atomic mass is 35.5. The Morgan fingerprint density at radius 1 is 1.38 bits per heavy atom. The monoisotopic (exact) mass is 196 g/mol. The van der Waals surface area contributed by atoms with Crippen LogP contribution in [0, 0.1) is 0 Å². The zero-order valence-electron chi connectivity index (χ0n) is 6.93. The number of fused-ring (bicyclic) bond motifs is 1. The summed E-state index contributed by atoms with van der Waals surface area (Å²) >= 11 is 5.95. The zero-order chi connectivity index (χ0) is 9.26. The van der Waals surface area contributed by atoms with Crippen LogP contribution in [-0.4, -0.2) is 12.5 Å². The Morgan fingerprint density at radius 2 is 2.23 bits per heavy atom. The number of carbonyl (C=O) groups excluding carboxylic acids is 1. The second kappa shape index (κ2) is 3.26. The van der Waals surface area contributed by atoms with Crippen LogP contribution in [0.15, 0.2) is 18.2 Å². The van der Waals surface area contributed by atoms with Gasteiger partial charge in [-0.1, -0.05) is 17.7 Å². The summed E-state index contributed by atoms with van der Waals surface area (Å²) in [5, 5.41) is 6.52. The van der Waals surface area contributed by atoms with Gasteiger partial charge in [0.15, 0.2) is 0 Å². The van der Waals surface area contributed by atoms with E-state index in [1.807, 2.05) is 12.1 Å². The van der Waals surface area contributed by atoms with Crippen LogP contribution in [0.2, 0.25) is 5.02 Å². The normalized spacial score (nSPS) is 15.3. The quantitative estimate of drug-likeness (QED) is 0.667. The molecule has 2 rings (SSSR count). The highest BCUT2D eigenvalue weighted by molar-refractivity contribution is 6.34. The highest BCUT2D eigenvalue weighted by Crippen LogP contribution is 2.31. The van der Waals surface area contributed by atoms with Crippen molar-refractivity contribution in [3.05, 3.63) is 23.2 Å². The second-order valence-corrected chi connectivity index (χ2v) is 3.29. The van der Waals surface area contributed by atoms with Crippen LogP contribution in [0.1, 0.15) is 6.42 Å². The van der Waals surface area contributed by atoms with Gasteiger partial charge in [0.1, 0.15) is 0 Å². The first-order valence-electron chi connectivity index (χ1n) is 4.09. The van der Waals surface area contributed by atoms with Gasteiger partial charge in [0, 0.05) is 13.0 Å². The Morgan fingerprint density at radius 3 is 3.08 bits per heavy atom. The minimum atomic E-state index is 0.0218. The molecular weight excluding hydrogens is 188 g/mol. The third-order valence-electron chi connectivity index (χ3n) is 1.94. The molecule has 0 fully saturated rings. The van der Waals surface area contributed by atoms with Crippen molar-refractivity contribution in [2.75, 3.05) is 17.2 Å². The molecule has 0 atom stereocenters. The number of hydrogen-bond acceptors (Lipinski definition) is 2. The van der Waals surface area contributed by atoms with E-state index in [2.05, 4.69) is 10.6 Å². The van der Waals surface area contributed by atoms with Crippen LogP contribution in [0.5, 0.6) is 0 Å². The van der Waals surface area contributed by atoms with Crippen LogP contribution in [0.25, 0.3) is 0 Å². The number of anilines is 2. The number of para-hydroxylation sites is 1. The molecule has 2 N–H and O–H groups in total. The standard InChI is InChI=1S/C9H9ClN2O/c10-6-2-1-3-7-9(6)11-5-4-8(13)12-7/h1-3,11H,4-5H2,(H,12,13). The van der Waals surface area contributed by atoms with Crippen molar-refractivity contribution in [3.8, 4) is 0 Å². The first-order chi connectivity index (χ1) is 6.27. The van der Waals surface area contributed by atoms with E-state index >= 15 is 0 Å². The van der Waals surface area contributed by atoms with Gasteiger partial charge in [0.05, 0.1) is 16.4 Å². The van der Waals surface area contributed by atoms with Crippen molar-refractivity contribution in [1.82, 2.24) is 0 Å². The molecule has 0 saturated heterocycles. The fraction of sp³-hybridized carbons (Fsp3) is 0.222. The maximum absolute atomic E-state index is 11.2. The maximum Gasteiger partial charge on any atom is 0.226 e. The van der Waals surface area contributed by atoms with Crippen molar-refractivity contribution >= 4 is 28.9 Å². The number of halogens is 1. The van der Waals surface area contributed by atoms with E-state index in [4.69, 9.17) is 11.6 Å². The van der Waals surface area contributed by atoms with Crippen LogP contribution in [0.4, 0.5) is 11.4 Å². The smallest absolute Gasteiger partial charge is 0.226 e. The lowest BCUT2D eigenvalue weighted by Gasteiger charge is -2.08. The van der Waals surface area contributed by atoms with Crippen LogP contribution < -0.4 is 10.6 Å². The Bertz CT molecular complexity index is 351. The fourth-order valence-electron chi connectivity index (χ4n) is 1.32. The second-order valence-electron chi connectivity index (χ2n) is 2.89. The van der Waals surface area contributed by atoms with Gasteiger partial charge >= 0.3 is 0 Å². The lowest BCUT2D eigenvalue weighted by molar-refractivity contribution is -0.115. The maximum atomic E-state index is 11.2. The molecule has 0 bridgehead atoms. The molecule has 0 unspecified atom stereocenters. The summed E-state index contributed by atoms with van der Waals surface area (Å²) in [4.78, 5) is 11.2. The molecule has 1 amide bonds. The van der Waals surface area contributed by atoms with E-state index in [-0.39, 0.29) is 5.91 Å². The van der Waals surface area contributed by atoms with Crippen molar-refractivity contribution in [3.63, 3.8) is 0 Å². The van der Waals surface area contributed by atoms with E-state index < -0.39 is 0 Å². The summed E-state index contributed by atoms with van der Waals surface area (Å²) in [6.45, 7) is 0.628. The van der Waals surface area contributed by atoms with E-state index in [0.717, 1.165) is 11.4 Å². The molecule has 3 nitrogen and oxygen atoms in total. The minimum absolute atomic E-state index is 0.0218. The number of benzene rings is 1. The fourth-order valence-corrected chi connectivity index (χ4v) is 1.56. The third kappa shape index (κ3) is 1.60. The molecule has 68 valence electrons. The van der Waals surface area contributed by atoms with Gasteiger partial charge in [-0.15, -0.1) is 0 Å².